The molecule has 2 aromatic rings. The number of aromatic amines is 1. The number of hydrogen-bond acceptors (Lipinski definition) is 6. The molecule has 1 heterocycles. The predicted octanol–water partition coefficient (Wildman–Crippen LogP) is 3.02. The molecular weight excluding hydrogens is 412 g/mol. The van der Waals surface area contributed by atoms with Gasteiger partial charge in [-0.2, -0.15) is 18.4 Å². The van der Waals surface area contributed by atoms with Crippen LogP contribution in [0.5, 0.6) is 0 Å². The highest BCUT2D eigenvalue weighted by molar-refractivity contribution is 5.75. The molecule has 0 aliphatic heterocycles. The van der Waals surface area contributed by atoms with Crippen LogP contribution in [0.3, 0.4) is 0 Å². The Bertz CT molecular complexity index is 872. The Morgan fingerprint density at radius 1 is 1.27 bits per heavy atom. The molecule has 0 aliphatic carbocycles. The largest absolute Gasteiger partial charge is 0.490 e. The zero-order valence-electron chi connectivity index (χ0n) is 16.1. The van der Waals surface area contributed by atoms with Crippen molar-refractivity contribution < 1.29 is 37.0 Å². The summed E-state index contributed by atoms with van der Waals surface area (Å²) < 4.78 is 54.9. The van der Waals surface area contributed by atoms with Crippen molar-refractivity contribution in [3.8, 4) is 0 Å². The number of nitrogens with zero attached hydrogens (tertiary/aromatic N) is 3. The average molecular weight is 432 g/mol. The van der Waals surface area contributed by atoms with E-state index in [0.717, 1.165) is 6.07 Å². The van der Waals surface area contributed by atoms with Crippen LogP contribution in [-0.2, 0) is 27.4 Å². The van der Waals surface area contributed by atoms with Crippen LogP contribution in [0.4, 0.5) is 17.6 Å². The van der Waals surface area contributed by atoms with E-state index in [1.165, 1.54) is 12.1 Å². The summed E-state index contributed by atoms with van der Waals surface area (Å²) in [6, 6.07) is 3.65. The monoisotopic (exact) mass is 432 g/mol. The third kappa shape index (κ3) is 6.22. The highest BCUT2D eigenvalue weighted by Gasteiger charge is 2.41. The van der Waals surface area contributed by atoms with Gasteiger partial charge in [0, 0.05) is 11.5 Å². The Morgan fingerprint density at radius 2 is 1.97 bits per heavy atom. The van der Waals surface area contributed by atoms with Crippen LogP contribution in [0.15, 0.2) is 18.2 Å². The van der Waals surface area contributed by atoms with Crippen LogP contribution in [0.2, 0.25) is 0 Å². The number of nitrogens with one attached hydrogen (secondary N) is 1. The maximum absolute atomic E-state index is 14.3. The Balaban J connectivity index is 2.21. The average Bonchev–Trinajstić information content (AvgIpc) is 3.16. The quantitative estimate of drug-likeness (QED) is 0.462. The molecule has 0 unspecified atom stereocenters. The number of H-pyrrole nitrogens is 1. The van der Waals surface area contributed by atoms with Crippen molar-refractivity contribution >= 4 is 11.9 Å². The van der Waals surface area contributed by atoms with Crippen molar-refractivity contribution in [2.75, 3.05) is 0 Å². The summed E-state index contributed by atoms with van der Waals surface area (Å²) in [5.74, 6) is -5.72. The first-order valence-corrected chi connectivity index (χ1v) is 8.96. The summed E-state index contributed by atoms with van der Waals surface area (Å²) in [7, 11) is 0. The number of carboxylic acid groups (broad SMARTS) is 1. The molecule has 164 valence electrons. The summed E-state index contributed by atoms with van der Waals surface area (Å²) in [6.45, 7) is 2.84. The van der Waals surface area contributed by atoms with Gasteiger partial charge >= 0.3 is 18.1 Å². The van der Waals surface area contributed by atoms with E-state index in [1.54, 1.807) is 0 Å². The van der Waals surface area contributed by atoms with Crippen LogP contribution in [0.25, 0.3) is 0 Å². The number of ether oxygens (including phenoxy) is 1. The fourth-order valence-corrected chi connectivity index (χ4v) is 3.00. The van der Waals surface area contributed by atoms with Gasteiger partial charge in [-0.1, -0.05) is 31.2 Å². The standard InChI is InChI=1S/C18H20F4N4O4/c1-9(2)5-13(16(27)28)12(15-23-25-26-24-15)6-10-3-4-11(14(19)7-10)8-30-17(29)18(20,21)22/h3-4,7,9,12-13H,5-6,8H2,1-2H3,(H,27,28)(H,23,24,25,26)/t12-,13-/m0/s1. The number of aromatic nitrogens is 4. The number of benzene rings is 1. The van der Waals surface area contributed by atoms with Crippen molar-refractivity contribution in [2.45, 2.75) is 45.4 Å². The third-order valence-electron chi connectivity index (χ3n) is 4.38. The molecule has 0 amide bonds. The predicted molar refractivity (Wildman–Crippen MR) is 93.5 cm³/mol. The van der Waals surface area contributed by atoms with Crippen LogP contribution in [0.1, 0.15) is 43.1 Å². The minimum Gasteiger partial charge on any atom is -0.481 e. The highest BCUT2D eigenvalue weighted by Crippen LogP contribution is 2.31. The van der Waals surface area contributed by atoms with Crippen molar-refractivity contribution in [1.82, 2.24) is 20.6 Å². The number of esters is 1. The van der Waals surface area contributed by atoms with Gasteiger partial charge in [-0.15, -0.1) is 10.2 Å². The van der Waals surface area contributed by atoms with Gasteiger partial charge in [0.05, 0.1) is 5.92 Å². The smallest absolute Gasteiger partial charge is 0.481 e. The highest BCUT2D eigenvalue weighted by atomic mass is 19.4. The van der Waals surface area contributed by atoms with Crippen molar-refractivity contribution in [2.24, 2.45) is 11.8 Å². The van der Waals surface area contributed by atoms with Gasteiger partial charge in [0.1, 0.15) is 12.4 Å². The number of rotatable bonds is 9. The van der Waals surface area contributed by atoms with E-state index in [0.29, 0.717) is 12.0 Å². The Morgan fingerprint density at radius 3 is 2.47 bits per heavy atom. The fourth-order valence-electron chi connectivity index (χ4n) is 3.00. The van der Waals surface area contributed by atoms with Gasteiger partial charge in [0.15, 0.2) is 5.82 Å². The molecule has 8 nitrogen and oxygen atoms in total. The van der Waals surface area contributed by atoms with Gasteiger partial charge in [-0.25, -0.2) is 9.18 Å². The summed E-state index contributed by atoms with van der Waals surface area (Å²) in [5, 5.41) is 23.1. The summed E-state index contributed by atoms with van der Waals surface area (Å²) in [5.41, 5.74) is 0.132. The molecule has 0 bridgehead atoms. The number of carboxylic acids is 1. The second-order valence-electron chi connectivity index (χ2n) is 7.15. The van der Waals surface area contributed by atoms with E-state index in [1.807, 2.05) is 13.8 Å². The van der Waals surface area contributed by atoms with Gasteiger partial charge in [0.2, 0.25) is 0 Å². The molecule has 0 spiro atoms. The van der Waals surface area contributed by atoms with Crippen LogP contribution in [-0.4, -0.2) is 43.8 Å². The van der Waals surface area contributed by atoms with E-state index < -0.39 is 42.4 Å². The fraction of sp³-hybridized carbons (Fsp3) is 0.500. The van der Waals surface area contributed by atoms with Gasteiger partial charge < -0.3 is 9.84 Å². The van der Waals surface area contributed by atoms with Gasteiger partial charge in [-0.3, -0.25) is 4.79 Å². The number of halogens is 4. The molecule has 1 aromatic heterocycles. The van der Waals surface area contributed by atoms with Gasteiger partial charge in [0.25, 0.3) is 0 Å². The number of carbonyl (C=O) groups excluding carboxylic acids is 1. The molecule has 2 rings (SSSR count). The molecule has 0 fully saturated rings. The van der Waals surface area contributed by atoms with Crippen LogP contribution >= 0.6 is 0 Å². The molecule has 0 saturated heterocycles. The normalized spacial score (nSPS) is 13.8. The number of tetrazole rings is 1. The lowest BCUT2D eigenvalue weighted by atomic mass is 9.81. The maximum atomic E-state index is 14.3. The van der Waals surface area contributed by atoms with E-state index >= 15 is 0 Å². The summed E-state index contributed by atoms with van der Waals surface area (Å²) >= 11 is 0. The van der Waals surface area contributed by atoms with Crippen molar-refractivity contribution in [3.63, 3.8) is 0 Å². The second kappa shape index (κ2) is 9.63. The minimum absolute atomic E-state index is 0.0583. The molecule has 2 N–H and O–H groups in total. The molecule has 2 atom stereocenters. The zero-order valence-corrected chi connectivity index (χ0v) is 16.1. The first kappa shape index (κ1) is 23.2. The molecule has 0 saturated carbocycles. The zero-order chi connectivity index (χ0) is 22.5. The second-order valence-corrected chi connectivity index (χ2v) is 7.15. The van der Waals surface area contributed by atoms with E-state index in [4.69, 9.17) is 0 Å². The summed E-state index contributed by atoms with van der Waals surface area (Å²) in [4.78, 5) is 22.6. The lowest BCUT2D eigenvalue weighted by molar-refractivity contribution is -0.201. The molecule has 12 heteroatoms. The molecule has 1 aromatic carbocycles. The third-order valence-corrected chi connectivity index (χ3v) is 4.38. The lowest BCUT2D eigenvalue weighted by Gasteiger charge is -2.23. The van der Waals surface area contributed by atoms with E-state index in [9.17, 15) is 32.3 Å². The molecular formula is C18H20F4N4O4. The number of alkyl halides is 3. The summed E-state index contributed by atoms with van der Waals surface area (Å²) in [6.07, 6.45) is -4.79. The Kier molecular flexibility index (Phi) is 7.46. The number of hydrogen-bond donors (Lipinski definition) is 2. The first-order valence-electron chi connectivity index (χ1n) is 8.96. The SMILES string of the molecule is CC(C)C[C@H](C(=O)O)[C@H](Cc1ccc(COC(=O)C(F)(F)F)c(F)c1)c1nn[nH]n1. The van der Waals surface area contributed by atoms with Gasteiger partial charge in [-0.05, 0) is 30.4 Å². The van der Waals surface area contributed by atoms with Crippen LogP contribution in [0, 0.1) is 17.7 Å². The molecule has 0 radical (unpaired) electrons. The van der Waals surface area contributed by atoms with Crippen LogP contribution < -0.4 is 0 Å². The molecule has 0 aliphatic rings. The van der Waals surface area contributed by atoms with E-state index in [-0.39, 0.29) is 23.7 Å². The molecule has 30 heavy (non-hydrogen) atoms. The number of aliphatic carboxylic acids is 1. The van der Waals surface area contributed by atoms with E-state index in [2.05, 4.69) is 25.4 Å². The topological polar surface area (TPSA) is 118 Å². The Labute approximate surface area is 168 Å². The maximum Gasteiger partial charge on any atom is 0.490 e. The number of carbonyl (C=O) groups is 2. The Hall–Kier alpha value is -3.05. The minimum atomic E-state index is -5.17. The lowest BCUT2D eigenvalue weighted by Crippen LogP contribution is -2.26. The first-order chi connectivity index (χ1) is 14.0. The van der Waals surface area contributed by atoms with Crippen molar-refractivity contribution in [3.05, 3.63) is 41.0 Å². The van der Waals surface area contributed by atoms with Crippen molar-refractivity contribution in [1.29, 1.82) is 0 Å².